The number of hydrogen-bond donors (Lipinski definition) is 1. The lowest BCUT2D eigenvalue weighted by molar-refractivity contribution is -0.137. The minimum atomic E-state index is -4.35. The van der Waals surface area contributed by atoms with Crippen molar-refractivity contribution >= 4 is 5.91 Å². The van der Waals surface area contributed by atoms with E-state index in [1.807, 2.05) is 50.2 Å². The molecule has 1 saturated heterocycles. The van der Waals surface area contributed by atoms with E-state index < -0.39 is 11.7 Å². The minimum absolute atomic E-state index is 0.0120. The maximum atomic E-state index is 13.3. The Kier molecular flexibility index (Phi) is 7.55. The fourth-order valence-electron chi connectivity index (χ4n) is 4.72. The van der Waals surface area contributed by atoms with Crippen molar-refractivity contribution in [2.75, 3.05) is 13.1 Å². The molecule has 1 aliphatic heterocycles. The van der Waals surface area contributed by atoms with Gasteiger partial charge in [0.05, 0.1) is 17.3 Å². The molecule has 7 heteroatoms. The molecule has 2 heterocycles. The Bertz CT molecular complexity index is 1120. The highest BCUT2D eigenvalue weighted by molar-refractivity contribution is 5.79. The molecule has 3 aromatic rings. The smallest absolute Gasteiger partial charge is 0.343 e. The van der Waals surface area contributed by atoms with E-state index in [1.54, 1.807) is 12.3 Å². The van der Waals surface area contributed by atoms with Crippen LogP contribution in [0.4, 0.5) is 13.2 Å². The van der Waals surface area contributed by atoms with Gasteiger partial charge in [0, 0.05) is 18.7 Å². The number of halogens is 3. The molecule has 0 radical (unpaired) electrons. The summed E-state index contributed by atoms with van der Waals surface area (Å²) in [5.41, 5.74) is 3.95. The van der Waals surface area contributed by atoms with Gasteiger partial charge in [0.1, 0.15) is 0 Å². The number of amides is 1. The Labute approximate surface area is 204 Å². The van der Waals surface area contributed by atoms with Gasteiger partial charge in [-0.15, -0.1) is 0 Å². The maximum absolute atomic E-state index is 13.3. The zero-order valence-electron chi connectivity index (χ0n) is 20.0. The van der Waals surface area contributed by atoms with Gasteiger partial charge in [-0.25, -0.2) is 0 Å². The topological polar surface area (TPSA) is 45.2 Å². The molecule has 184 valence electrons. The molecule has 1 aromatic heterocycles. The monoisotopic (exact) mass is 481 g/mol. The lowest BCUT2D eigenvalue weighted by Crippen LogP contribution is -2.42. The third kappa shape index (κ3) is 6.09. The number of rotatable bonds is 6. The Balaban J connectivity index is 1.42. The highest BCUT2D eigenvalue weighted by atomic mass is 19.4. The van der Waals surface area contributed by atoms with Crippen LogP contribution < -0.4 is 5.32 Å². The minimum Gasteiger partial charge on any atom is -0.343 e. The predicted molar refractivity (Wildman–Crippen MR) is 130 cm³/mol. The number of benzene rings is 2. The average Bonchev–Trinajstić information content (AvgIpc) is 2.84. The quantitative estimate of drug-likeness (QED) is 0.482. The number of nitrogens with zero attached hydrogens (tertiary/aromatic N) is 2. The van der Waals surface area contributed by atoms with Gasteiger partial charge in [0.15, 0.2) is 0 Å². The summed E-state index contributed by atoms with van der Waals surface area (Å²) in [6, 6.07) is 17.0. The molecule has 4 rings (SSSR count). The van der Waals surface area contributed by atoms with Crippen LogP contribution in [0.2, 0.25) is 0 Å². The van der Waals surface area contributed by atoms with Crippen molar-refractivity contribution in [3.8, 4) is 0 Å². The van der Waals surface area contributed by atoms with Crippen LogP contribution in [0.15, 0.2) is 66.9 Å². The molecule has 1 unspecified atom stereocenters. The van der Waals surface area contributed by atoms with E-state index in [4.69, 9.17) is 0 Å². The number of aryl methyl sites for hydroxylation is 2. The number of carbonyl (C=O) groups excluding carboxylic acids is 1. The lowest BCUT2D eigenvalue weighted by Gasteiger charge is -2.32. The number of piperidine rings is 1. The van der Waals surface area contributed by atoms with Gasteiger partial charge in [-0.2, -0.15) is 13.2 Å². The van der Waals surface area contributed by atoms with E-state index in [9.17, 15) is 18.0 Å². The van der Waals surface area contributed by atoms with Gasteiger partial charge in [0.25, 0.3) is 0 Å². The fourth-order valence-corrected chi connectivity index (χ4v) is 4.72. The van der Waals surface area contributed by atoms with Gasteiger partial charge in [-0.1, -0.05) is 48.5 Å². The zero-order chi connectivity index (χ0) is 25.0. The highest BCUT2D eigenvalue weighted by Gasteiger charge is 2.31. The number of carbonyl (C=O) groups is 1. The first-order chi connectivity index (χ1) is 16.7. The molecule has 2 aromatic carbocycles. The Morgan fingerprint density at radius 1 is 1.03 bits per heavy atom. The summed E-state index contributed by atoms with van der Waals surface area (Å²) in [7, 11) is 0. The molecule has 1 fully saturated rings. The molecule has 4 nitrogen and oxygen atoms in total. The number of likely N-dealkylation sites (tertiary alicyclic amines) is 1. The van der Waals surface area contributed by atoms with Crippen molar-refractivity contribution in [2.45, 2.75) is 45.5 Å². The molecular formula is C28H30F3N3O. The first-order valence-corrected chi connectivity index (χ1v) is 11.9. The van der Waals surface area contributed by atoms with E-state index in [0.29, 0.717) is 38.0 Å². The molecule has 1 N–H and O–H groups in total. The van der Waals surface area contributed by atoms with Gasteiger partial charge in [-0.3, -0.25) is 14.7 Å². The average molecular weight is 482 g/mol. The van der Waals surface area contributed by atoms with E-state index >= 15 is 0 Å². The van der Waals surface area contributed by atoms with Crippen molar-refractivity contribution in [3.05, 3.63) is 100 Å². The third-order valence-electron chi connectivity index (χ3n) is 6.73. The van der Waals surface area contributed by atoms with Crippen LogP contribution in [0.3, 0.4) is 0 Å². The summed E-state index contributed by atoms with van der Waals surface area (Å²) in [6.07, 6.45) is -1.29. The zero-order valence-corrected chi connectivity index (χ0v) is 20.0. The van der Waals surface area contributed by atoms with Crippen LogP contribution in [0.25, 0.3) is 0 Å². The van der Waals surface area contributed by atoms with Crippen molar-refractivity contribution in [1.29, 1.82) is 0 Å². The van der Waals surface area contributed by atoms with E-state index in [2.05, 4.69) is 15.2 Å². The van der Waals surface area contributed by atoms with E-state index in [-0.39, 0.29) is 17.9 Å². The van der Waals surface area contributed by atoms with Crippen LogP contribution in [0.1, 0.15) is 52.4 Å². The molecule has 0 bridgehead atoms. The van der Waals surface area contributed by atoms with Crippen LogP contribution in [-0.4, -0.2) is 28.9 Å². The molecule has 1 atom stereocenters. The summed E-state index contributed by atoms with van der Waals surface area (Å²) < 4.78 is 39.1. The van der Waals surface area contributed by atoms with E-state index in [0.717, 1.165) is 28.5 Å². The number of alkyl halides is 3. The van der Waals surface area contributed by atoms with Crippen molar-refractivity contribution in [1.82, 2.24) is 15.2 Å². The number of aromatic nitrogens is 1. The van der Waals surface area contributed by atoms with Crippen LogP contribution in [-0.2, 0) is 17.5 Å². The molecule has 1 amide bonds. The highest BCUT2D eigenvalue weighted by Crippen LogP contribution is 2.31. The molecular weight excluding hydrogens is 451 g/mol. The first-order valence-electron chi connectivity index (χ1n) is 11.9. The second-order valence-electron chi connectivity index (χ2n) is 9.25. The predicted octanol–water partition coefficient (Wildman–Crippen LogP) is 5.84. The fraction of sp³-hybridized carbons (Fsp3) is 0.357. The third-order valence-corrected chi connectivity index (χ3v) is 6.73. The summed E-state index contributed by atoms with van der Waals surface area (Å²) in [5, 5.41) is 3.24. The molecule has 35 heavy (non-hydrogen) atoms. The van der Waals surface area contributed by atoms with Gasteiger partial charge in [-0.05, 0) is 74.2 Å². The second-order valence-corrected chi connectivity index (χ2v) is 9.25. The van der Waals surface area contributed by atoms with E-state index in [1.165, 1.54) is 12.1 Å². The number of pyridine rings is 1. The molecule has 0 spiro atoms. The van der Waals surface area contributed by atoms with Crippen molar-refractivity contribution < 1.29 is 18.0 Å². The van der Waals surface area contributed by atoms with Gasteiger partial charge >= 0.3 is 6.18 Å². The van der Waals surface area contributed by atoms with Crippen molar-refractivity contribution in [3.63, 3.8) is 0 Å². The Morgan fingerprint density at radius 3 is 2.43 bits per heavy atom. The second kappa shape index (κ2) is 10.6. The maximum Gasteiger partial charge on any atom is 0.416 e. The van der Waals surface area contributed by atoms with Crippen LogP contribution >= 0.6 is 0 Å². The molecule has 1 aliphatic rings. The summed E-state index contributed by atoms with van der Waals surface area (Å²) in [6.45, 7) is 5.78. The van der Waals surface area contributed by atoms with Gasteiger partial charge < -0.3 is 5.32 Å². The lowest BCUT2D eigenvalue weighted by atomic mass is 9.92. The Morgan fingerprint density at radius 2 is 1.74 bits per heavy atom. The van der Waals surface area contributed by atoms with Crippen LogP contribution in [0.5, 0.6) is 0 Å². The largest absolute Gasteiger partial charge is 0.416 e. The SMILES string of the molecule is Cc1ccccc1C(NC(=O)C1CCN(Cc2cccc(C(F)(F)F)c2)CC1)c1ncccc1C. The normalized spacial score (nSPS) is 16.1. The summed E-state index contributed by atoms with van der Waals surface area (Å²) >= 11 is 0. The molecule has 0 saturated carbocycles. The molecule has 0 aliphatic carbocycles. The summed E-state index contributed by atoms with van der Waals surface area (Å²) in [5.74, 6) is -0.162. The number of nitrogens with one attached hydrogen (secondary N) is 1. The van der Waals surface area contributed by atoms with Gasteiger partial charge in [0.2, 0.25) is 5.91 Å². The van der Waals surface area contributed by atoms with Crippen LogP contribution in [0, 0.1) is 19.8 Å². The standard InChI is InChI=1S/C28H30F3N3O/c1-19-7-3-4-11-24(19)26(25-20(2)8-6-14-32-25)33-27(35)22-12-15-34(16-13-22)18-21-9-5-10-23(17-21)28(29,30)31/h3-11,14,17,22,26H,12-13,15-16,18H2,1-2H3,(H,33,35). The van der Waals surface area contributed by atoms with Crippen molar-refractivity contribution in [2.24, 2.45) is 5.92 Å². The summed E-state index contributed by atoms with van der Waals surface area (Å²) in [4.78, 5) is 20.0. The Hall–Kier alpha value is -3.19. The number of hydrogen-bond acceptors (Lipinski definition) is 3. The first kappa shape index (κ1) is 24.9.